The molecule has 0 saturated heterocycles. The van der Waals surface area contributed by atoms with Gasteiger partial charge in [-0.05, 0) is 5.41 Å². The van der Waals surface area contributed by atoms with E-state index in [1.165, 1.54) is 0 Å². The highest BCUT2D eigenvalue weighted by Gasteiger charge is 2.34. The second-order valence-electron chi connectivity index (χ2n) is 7.69. The van der Waals surface area contributed by atoms with Crippen LogP contribution in [0.15, 0.2) is 41.1 Å². The number of benzene rings is 1. The predicted molar refractivity (Wildman–Crippen MR) is 119 cm³/mol. The normalized spacial score (nSPS) is 19.7. The molecule has 158 valence electrons. The van der Waals surface area contributed by atoms with Crippen molar-refractivity contribution in [1.29, 1.82) is 0 Å². The number of nitrogens with one attached hydrogen (secondary N) is 1. The Morgan fingerprint density at radius 2 is 2.19 bits per heavy atom. The molecule has 4 aromatic rings. The van der Waals surface area contributed by atoms with Crippen LogP contribution in [0.1, 0.15) is 6.04 Å². The fourth-order valence-corrected chi connectivity index (χ4v) is 5.39. The first-order chi connectivity index (χ1) is 15.1. The van der Waals surface area contributed by atoms with Gasteiger partial charge in [0.25, 0.3) is 0 Å². The zero-order chi connectivity index (χ0) is 21.3. The van der Waals surface area contributed by atoms with E-state index in [0.29, 0.717) is 18.1 Å². The predicted octanol–water partition coefficient (Wildman–Crippen LogP) is 2.36. The number of methoxy groups -OCH3 is 1. The number of pyridine rings is 1. The van der Waals surface area contributed by atoms with Crippen molar-refractivity contribution in [2.75, 3.05) is 13.7 Å². The third-order valence-corrected chi connectivity index (χ3v) is 7.01. The second kappa shape index (κ2) is 6.55. The van der Waals surface area contributed by atoms with Crippen molar-refractivity contribution in [3.8, 4) is 22.6 Å². The van der Waals surface area contributed by atoms with E-state index in [-0.39, 0.29) is 17.1 Å². The average molecular weight is 436 g/mol. The van der Waals surface area contributed by atoms with Crippen molar-refractivity contribution in [3.63, 3.8) is 0 Å². The first-order valence-electron chi connectivity index (χ1n) is 9.87. The van der Waals surface area contributed by atoms with Crippen LogP contribution in [0.5, 0.6) is 11.5 Å². The maximum atomic E-state index is 13.3. The largest absolute Gasteiger partial charge is 0.496 e. The van der Waals surface area contributed by atoms with Gasteiger partial charge in [-0.1, -0.05) is 0 Å². The summed E-state index contributed by atoms with van der Waals surface area (Å²) in [6, 6.07) is 1.69. The molecule has 0 radical (unpaired) electrons. The van der Waals surface area contributed by atoms with Gasteiger partial charge in [-0.3, -0.25) is 18.8 Å². The molecule has 1 N–H and O–H groups in total. The number of hydrogen-bond donors (Lipinski definition) is 1. The highest BCUT2D eigenvalue weighted by Crippen LogP contribution is 2.47. The molecule has 2 aliphatic rings. The van der Waals surface area contributed by atoms with Crippen molar-refractivity contribution < 1.29 is 9.47 Å². The maximum absolute atomic E-state index is 13.3. The second-order valence-corrected chi connectivity index (χ2v) is 8.74. The van der Waals surface area contributed by atoms with Crippen molar-refractivity contribution in [2.24, 2.45) is 14.1 Å². The van der Waals surface area contributed by atoms with E-state index in [1.54, 1.807) is 47.6 Å². The Morgan fingerprint density at radius 1 is 1.32 bits per heavy atom. The van der Waals surface area contributed by atoms with Crippen LogP contribution < -0.4 is 20.5 Å². The van der Waals surface area contributed by atoms with Gasteiger partial charge in [-0.25, -0.2) is 4.79 Å². The van der Waals surface area contributed by atoms with Crippen LogP contribution in [0.2, 0.25) is 0 Å². The highest BCUT2D eigenvalue weighted by molar-refractivity contribution is 8.02. The Hall–Kier alpha value is -3.40. The molecule has 10 heteroatoms. The summed E-state index contributed by atoms with van der Waals surface area (Å²) in [7, 11) is 5.29. The lowest BCUT2D eigenvalue weighted by Crippen LogP contribution is -2.38. The number of ether oxygens (including phenoxy) is 2. The van der Waals surface area contributed by atoms with E-state index in [1.807, 2.05) is 35.5 Å². The molecule has 9 nitrogen and oxygen atoms in total. The number of aromatic nitrogens is 5. The minimum Gasteiger partial charge on any atom is -0.496 e. The first-order valence-corrected chi connectivity index (χ1v) is 10.8. The van der Waals surface area contributed by atoms with E-state index in [4.69, 9.17) is 9.47 Å². The van der Waals surface area contributed by atoms with E-state index in [9.17, 15) is 4.79 Å². The summed E-state index contributed by atoms with van der Waals surface area (Å²) in [5, 5.41) is 10.5. The summed E-state index contributed by atoms with van der Waals surface area (Å²) in [6.07, 6.45) is 7.37. The fraction of sp³-hybridized carbons (Fsp3) is 0.286. The van der Waals surface area contributed by atoms with Crippen LogP contribution in [0.3, 0.4) is 0 Å². The Bertz CT molecular complexity index is 1440. The van der Waals surface area contributed by atoms with Gasteiger partial charge in [0.15, 0.2) is 0 Å². The smallest absolute Gasteiger partial charge is 0.329 e. The zero-order valence-electron chi connectivity index (χ0n) is 17.2. The Balaban J connectivity index is 1.75. The maximum Gasteiger partial charge on any atom is 0.329 e. The van der Waals surface area contributed by atoms with Gasteiger partial charge in [0.2, 0.25) is 0 Å². The third kappa shape index (κ3) is 2.48. The van der Waals surface area contributed by atoms with Crippen molar-refractivity contribution in [2.45, 2.75) is 11.4 Å². The van der Waals surface area contributed by atoms with E-state index in [0.717, 1.165) is 33.1 Å². The van der Waals surface area contributed by atoms with Crippen LogP contribution in [0, 0.1) is 0 Å². The number of rotatable bonds is 3. The molecule has 5 heterocycles. The SMILES string of the molecule is COc1cc2ncc3c4c2c(c1-c1cnn(C)c1)OCC(C1NC=CS1)n4c(=O)n3C. The molecule has 3 aromatic heterocycles. The lowest BCUT2D eigenvalue weighted by atomic mass is 10.0. The standard InChI is InChI=1S/C21H20N6O3S/c1-25-9-11(7-24-25)16-15(29-3)6-12-17-18-13(8-23-12)26(2)21(28)27(18)14(10-30-19(16)17)20-22-4-5-31-20/h4-9,14,20,22H,10H2,1-3H3. The summed E-state index contributed by atoms with van der Waals surface area (Å²) >= 11 is 1.65. The molecule has 2 aliphatic heterocycles. The Labute approximate surface area is 181 Å². The molecular weight excluding hydrogens is 416 g/mol. The summed E-state index contributed by atoms with van der Waals surface area (Å²) in [4.78, 5) is 18.0. The minimum absolute atomic E-state index is 0.00966. The molecule has 6 rings (SSSR count). The number of aryl methyl sites for hydroxylation is 2. The summed E-state index contributed by atoms with van der Waals surface area (Å²) in [6.45, 7) is 0.329. The molecule has 0 bridgehead atoms. The van der Waals surface area contributed by atoms with Crippen LogP contribution in [-0.2, 0) is 14.1 Å². The number of hydrogen-bond acceptors (Lipinski definition) is 7. The van der Waals surface area contributed by atoms with E-state index < -0.39 is 0 Å². The summed E-state index contributed by atoms with van der Waals surface area (Å²) in [5.41, 5.74) is 3.93. The molecule has 31 heavy (non-hydrogen) atoms. The summed E-state index contributed by atoms with van der Waals surface area (Å²) < 4.78 is 17.5. The third-order valence-electron chi connectivity index (χ3n) is 5.97. The molecule has 0 aliphatic carbocycles. The van der Waals surface area contributed by atoms with Gasteiger partial charge in [-0.2, -0.15) is 5.10 Å². The van der Waals surface area contributed by atoms with Gasteiger partial charge in [0.05, 0.1) is 47.0 Å². The van der Waals surface area contributed by atoms with E-state index in [2.05, 4.69) is 15.4 Å². The van der Waals surface area contributed by atoms with Gasteiger partial charge >= 0.3 is 5.69 Å². The molecule has 0 fully saturated rings. The van der Waals surface area contributed by atoms with E-state index >= 15 is 0 Å². The topological polar surface area (TPSA) is 88.1 Å². The van der Waals surface area contributed by atoms with Crippen LogP contribution in [-0.4, -0.2) is 43.0 Å². The lowest BCUT2D eigenvalue weighted by molar-refractivity contribution is 0.248. The number of imidazole rings is 1. The number of nitrogens with zero attached hydrogens (tertiary/aromatic N) is 5. The first kappa shape index (κ1) is 18.4. The van der Waals surface area contributed by atoms with Crippen molar-refractivity contribution in [1.82, 2.24) is 29.2 Å². The lowest BCUT2D eigenvalue weighted by Gasteiger charge is -2.23. The zero-order valence-corrected chi connectivity index (χ0v) is 18.0. The van der Waals surface area contributed by atoms with Gasteiger partial charge in [0.1, 0.15) is 29.5 Å². The van der Waals surface area contributed by atoms with Gasteiger partial charge in [-0.15, -0.1) is 11.8 Å². The average Bonchev–Trinajstić information content (AvgIpc) is 3.48. The molecular formula is C21H20N6O3S. The van der Waals surface area contributed by atoms with Crippen LogP contribution in [0.4, 0.5) is 0 Å². The van der Waals surface area contributed by atoms with Gasteiger partial charge < -0.3 is 14.8 Å². The van der Waals surface area contributed by atoms with Crippen molar-refractivity contribution >= 4 is 33.7 Å². The van der Waals surface area contributed by atoms with Gasteiger partial charge in [0, 0.05) is 38.1 Å². The molecule has 0 spiro atoms. The molecule has 2 atom stereocenters. The van der Waals surface area contributed by atoms with Crippen molar-refractivity contribution in [3.05, 3.63) is 46.7 Å². The Morgan fingerprint density at radius 3 is 2.90 bits per heavy atom. The van der Waals surface area contributed by atoms with Crippen LogP contribution >= 0.6 is 11.8 Å². The number of thioether (sulfide) groups is 1. The summed E-state index contributed by atoms with van der Waals surface area (Å²) in [5.74, 6) is 1.32. The monoisotopic (exact) mass is 436 g/mol. The molecule has 0 saturated carbocycles. The molecule has 2 unspecified atom stereocenters. The molecule has 0 amide bonds. The molecule has 1 aromatic carbocycles. The Kier molecular flexibility index (Phi) is 3.88. The highest BCUT2D eigenvalue weighted by atomic mass is 32.2. The quantitative estimate of drug-likeness (QED) is 0.527. The van der Waals surface area contributed by atoms with Crippen LogP contribution in [0.25, 0.3) is 33.1 Å². The minimum atomic E-state index is -0.207. The fourth-order valence-electron chi connectivity index (χ4n) is 4.52.